The Hall–Kier alpha value is -2.33. The first-order chi connectivity index (χ1) is 11.0. The van der Waals surface area contributed by atoms with Crippen LogP contribution in [0.2, 0.25) is 0 Å². The van der Waals surface area contributed by atoms with E-state index in [1.807, 2.05) is 31.3 Å². The normalized spacial score (nSPS) is 11.1. The molecule has 0 aliphatic heterocycles. The summed E-state index contributed by atoms with van der Waals surface area (Å²) in [5.74, 6) is 0.132. The first-order valence-electron chi connectivity index (χ1n) is 7.66. The van der Waals surface area contributed by atoms with E-state index in [4.69, 9.17) is 14.6 Å². The van der Waals surface area contributed by atoms with Crippen LogP contribution in [-0.2, 0) is 4.79 Å². The third-order valence-corrected chi connectivity index (χ3v) is 3.19. The average molecular weight is 315 g/mol. The number of carboxylic acid groups (broad SMARTS) is 1. The van der Waals surface area contributed by atoms with E-state index < -0.39 is 5.97 Å². The predicted molar refractivity (Wildman–Crippen MR) is 92.8 cm³/mol. The van der Waals surface area contributed by atoms with E-state index in [1.54, 1.807) is 0 Å². The molecule has 2 aromatic rings. The van der Waals surface area contributed by atoms with Gasteiger partial charge in [0, 0.05) is 13.3 Å². The summed E-state index contributed by atoms with van der Waals surface area (Å²) in [7, 11) is 1.97. The molecule has 0 aliphatic carbocycles. The zero-order valence-electron chi connectivity index (χ0n) is 14.0. The first kappa shape index (κ1) is 18.7. The minimum atomic E-state index is -0.833. The van der Waals surface area contributed by atoms with Crippen LogP contribution < -0.4 is 10.1 Å². The molecule has 2 rings (SSSR count). The maximum atomic E-state index is 9.00. The van der Waals surface area contributed by atoms with E-state index in [0.717, 1.165) is 25.6 Å². The maximum Gasteiger partial charge on any atom is 0.300 e. The van der Waals surface area contributed by atoms with Crippen molar-refractivity contribution < 1.29 is 14.6 Å². The lowest BCUT2D eigenvalue weighted by Gasteiger charge is -2.20. The molecule has 124 valence electrons. The van der Waals surface area contributed by atoms with Crippen LogP contribution in [0.4, 0.5) is 0 Å². The number of hydrogen-bond donors (Lipinski definition) is 2. The molecular formula is C19H25NO3. The van der Waals surface area contributed by atoms with Crippen LogP contribution in [0.1, 0.15) is 30.6 Å². The van der Waals surface area contributed by atoms with Crippen molar-refractivity contribution in [1.82, 2.24) is 5.32 Å². The molecule has 0 unspecified atom stereocenters. The van der Waals surface area contributed by atoms with Crippen LogP contribution in [0.3, 0.4) is 0 Å². The van der Waals surface area contributed by atoms with E-state index in [1.165, 1.54) is 11.1 Å². The van der Waals surface area contributed by atoms with Crippen molar-refractivity contribution in [2.75, 3.05) is 13.6 Å². The fourth-order valence-corrected chi connectivity index (χ4v) is 2.08. The Kier molecular flexibility index (Phi) is 8.47. The van der Waals surface area contributed by atoms with Gasteiger partial charge < -0.3 is 15.2 Å². The van der Waals surface area contributed by atoms with Crippen LogP contribution in [0.25, 0.3) is 0 Å². The summed E-state index contributed by atoms with van der Waals surface area (Å²) >= 11 is 0. The van der Waals surface area contributed by atoms with E-state index >= 15 is 0 Å². The summed E-state index contributed by atoms with van der Waals surface area (Å²) in [6.45, 7) is 4.10. The number of ether oxygens (including phenoxy) is 1. The van der Waals surface area contributed by atoms with Crippen molar-refractivity contribution in [2.24, 2.45) is 0 Å². The number of aryl methyl sites for hydroxylation is 1. The van der Waals surface area contributed by atoms with Crippen LogP contribution in [0, 0.1) is 6.92 Å². The standard InChI is InChI=1S/C17H21NO.C2H4O2/c1-14-8-6-7-11-16(14)19-17(12-13-18-2)15-9-4-3-5-10-15;1-2(3)4/h3-11,17-18H,12-13H2,1-2H3;1H3,(H,3,4)/t17-;/m1./s1. The Morgan fingerprint density at radius 1 is 1.13 bits per heavy atom. The molecule has 0 radical (unpaired) electrons. The van der Waals surface area contributed by atoms with Gasteiger partial charge in [0.15, 0.2) is 0 Å². The largest absolute Gasteiger partial charge is 0.485 e. The van der Waals surface area contributed by atoms with E-state index in [9.17, 15) is 0 Å². The Bertz CT molecular complexity index is 580. The highest BCUT2D eigenvalue weighted by atomic mass is 16.5. The summed E-state index contributed by atoms with van der Waals surface area (Å²) in [6.07, 6.45) is 1.05. The topological polar surface area (TPSA) is 58.6 Å². The number of para-hydroxylation sites is 1. The number of hydrogen-bond acceptors (Lipinski definition) is 3. The van der Waals surface area contributed by atoms with Crippen LogP contribution in [0.5, 0.6) is 5.75 Å². The second kappa shape index (κ2) is 10.4. The van der Waals surface area contributed by atoms with Gasteiger partial charge in [-0.15, -0.1) is 0 Å². The molecule has 0 fully saturated rings. The smallest absolute Gasteiger partial charge is 0.300 e. The van der Waals surface area contributed by atoms with E-state index in [0.29, 0.717) is 0 Å². The van der Waals surface area contributed by atoms with Crippen molar-refractivity contribution in [3.63, 3.8) is 0 Å². The molecule has 0 bridgehead atoms. The van der Waals surface area contributed by atoms with Gasteiger partial charge in [-0.05, 0) is 37.7 Å². The lowest BCUT2D eigenvalue weighted by Crippen LogP contribution is -2.16. The molecule has 1 atom stereocenters. The van der Waals surface area contributed by atoms with Gasteiger partial charge in [0.1, 0.15) is 11.9 Å². The Morgan fingerprint density at radius 2 is 1.70 bits per heavy atom. The van der Waals surface area contributed by atoms with Crippen molar-refractivity contribution in [2.45, 2.75) is 26.4 Å². The third kappa shape index (κ3) is 7.47. The number of benzene rings is 2. The van der Waals surface area contributed by atoms with Gasteiger partial charge in [-0.3, -0.25) is 4.79 Å². The molecule has 0 spiro atoms. The second-order valence-electron chi connectivity index (χ2n) is 5.19. The third-order valence-electron chi connectivity index (χ3n) is 3.19. The highest BCUT2D eigenvalue weighted by Crippen LogP contribution is 2.26. The van der Waals surface area contributed by atoms with E-state index in [2.05, 4.69) is 42.6 Å². The molecule has 0 aromatic heterocycles. The number of carbonyl (C=O) groups is 1. The molecule has 23 heavy (non-hydrogen) atoms. The molecule has 0 saturated heterocycles. The maximum absolute atomic E-state index is 9.00. The van der Waals surface area contributed by atoms with Gasteiger partial charge in [0.25, 0.3) is 5.97 Å². The van der Waals surface area contributed by atoms with Gasteiger partial charge >= 0.3 is 0 Å². The molecule has 2 aromatic carbocycles. The van der Waals surface area contributed by atoms with Gasteiger partial charge in [0.05, 0.1) is 0 Å². The number of carboxylic acids is 1. The monoisotopic (exact) mass is 315 g/mol. The summed E-state index contributed by atoms with van der Waals surface area (Å²) < 4.78 is 6.19. The fourth-order valence-electron chi connectivity index (χ4n) is 2.08. The van der Waals surface area contributed by atoms with E-state index in [-0.39, 0.29) is 6.10 Å². The minimum Gasteiger partial charge on any atom is -0.485 e. The Balaban J connectivity index is 0.000000593. The summed E-state index contributed by atoms with van der Waals surface area (Å²) in [5.41, 5.74) is 2.40. The number of aliphatic carboxylic acids is 1. The second-order valence-corrected chi connectivity index (χ2v) is 5.19. The molecule has 0 aliphatic rings. The number of nitrogens with one attached hydrogen (secondary N) is 1. The van der Waals surface area contributed by atoms with Crippen molar-refractivity contribution >= 4 is 5.97 Å². The van der Waals surface area contributed by atoms with Gasteiger partial charge in [-0.25, -0.2) is 0 Å². The lowest BCUT2D eigenvalue weighted by molar-refractivity contribution is -0.134. The minimum absolute atomic E-state index is 0.0924. The zero-order chi connectivity index (χ0) is 17.1. The van der Waals surface area contributed by atoms with Crippen molar-refractivity contribution in [3.8, 4) is 5.75 Å². The number of rotatable bonds is 6. The summed E-state index contributed by atoms with van der Waals surface area (Å²) in [5, 5.41) is 10.6. The zero-order valence-corrected chi connectivity index (χ0v) is 14.0. The molecule has 4 heteroatoms. The van der Waals surface area contributed by atoms with Crippen LogP contribution >= 0.6 is 0 Å². The molecule has 4 nitrogen and oxygen atoms in total. The lowest BCUT2D eigenvalue weighted by atomic mass is 10.1. The summed E-state index contributed by atoms with van der Waals surface area (Å²) in [6, 6.07) is 18.6. The van der Waals surface area contributed by atoms with Crippen molar-refractivity contribution in [3.05, 3.63) is 65.7 Å². The quantitative estimate of drug-likeness (QED) is 0.851. The SMILES string of the molecule is CC(=O)O.CNCC[C@@H](Oc1ccccc1C)c1ccccc1. The molecule has 0 heterocycles. The van der Waals surface area contributed by atoms with Gasteiger partial charge in [0.2, 0.25) is 0 Å². The van der Waals surface area contributed by atoms with Crippen LogP contribution in [-0.4, -0.2) is 24.7 Å². The van der Waals surface area contributed by atoms with Crippen LogP contribution in [0.15, 0.2) is 54.6 Å². The summed E-state index contributed by atoms with van der Waals surface area (Å²) in [4.78, 5) is 9.00. The predicted octanol–water partition coefficient (Wildman–Crippen LogP) is 3.82. The van der Waals surface area contributed by atoms with Crippen molar-refractivity contribution in [1.29, 1.82) is 0 Å². The molecule has 0 amide bonds. The van der Waals surface area contributed by atoms with Gasteiger partial charge in [-0.2, -0.15) is 0 Å². The highest BCUT2D eigenvalue weighted by Gasteiger charge is 2.13. The van der Waals surface area contributed by atoms with Gasteiger partial charge in [-0.1, -0.05) is 48.5 Å². The molecular weight excluding hydrogens is 290 g/mol. The fraction of sp³-hybridized carbons (Fsp3) is 0.316. The average Bonchev–Trinajstić information content (AvgIpc) is 2.53. The molecule has 2 N–H and O–H groups in total. The first-order valence-corrected chi connectivity index (χ1v) is 7.66. The Morgan fingerprint density at radius 3 is 2.26 bits per heavy atom. The Labute approximate surface area is 138 Å². The highest BCUT2D eigenvalue weighted by molar-refractivity contribution is 5.62. The molecule has 0 saturated carbocycles.